The molecule has 5 heteroatoms. The van der Waals surface area contributed by atoms with Gasteiger partial charge >= 0.3 is 0 Å². The van der Waals surface area contributed by atoms with Crippen molar-refractivity contribution in [3.63, 3.8) is 0 Å². The third-order valence-electron chi connectivity index (χ3n) is 15.6. The van der Waals surface area contributed by atoms with E-state index in [-0.39, 0.29) is 0 Å². The number of hydrogen-bond donors (Lipinski definition) is 0. The molecule has 76 heavy (non-hydrogen) atoms. The average molecular weight is 970 g/mol. The van der Waals surface area contributed by atoms with E-state index in [1.165, 1.54) is 26.9 Å². The van der Waals surface area contributed by atoms with Gasteiger partial charge in [0.05, 0.1) is 22.7 Å². The molecule has 0 unspecified atom stereocenters. The Bertz CT molecular complexity index is 4640. The molecule has 0 atom stereocenters. The van der Waals surface area contributed by atoms with Gasteiger partial charge in [-0.05, 0) is 115 Å². The maximum atomic E-state index is 6.92. The number of anilines is 6. The second-order valence-electron chi connectivity index (χ2n) is 19.7. The van der Waals surface area contributed by atoms with Crippen LogP contribution in [0.2, 0.25) is 0 Å². The van der Waals surface area contributed by atoms with Crippen molar-refractivity contribution in [3.05, 3.63) is 261 Å². The molecule has 3 heterocycles. The van der Waals surface area contributed by atoms with Crippen LogP contribution in [0, 0.1) is 0 Å². The van der Waals surface area contributed by atoms with Gasteiger partial charge < -0.3 is 13.7 Å². The quantitative estimate of drug-likeness (QED) is 0.142. The van der Waals surface area contributed by atoms with Crippen LogP contribution < -0.4 is 9.80 Å². The normalized spacial score (nSPS) is 11.9. The Morgan fingerprint density at radius 1 is 0.276 bits per heavy atom. The summed E-state index contributed by atoms with van der Waals surface area (Å²) in [5.74, 6) is 0.778. The van der Waals surface area contributed by atoms with Gasteiger partial charge in [0.25, 0.3) is 0 Å². The number of benzene rings is 13. The number of fused-ring (bicyclic) bond motifs is 8. The van der Waals surface area contributed by atoms with E-state index in [2.05, 4.69) is 246 Å². The molecule has 0 spiro atoms. The lowest BCUT2D eigenvalue weighted by Crippen LogP contribution is -2.13. The highest BCUT2D eigenvalue weighted by Gasteiger charge is 2.29. The maximum absolute atomic E-state index is 6.92. The third-order valence-corrected chi connectivity index (χ3v) is 15.6. The minimum Gasteiger partial charge on any atom is -0.454 e. The molecule has 0 saturated carbocycles. The molecule has 3 aromatic heterocycles. The van der Waals surface area contributed by atoms with Gasteiger partial charge in [-0.1, -0.05) is 194 Å². The van der Waals surface area contributed by atoms with E-state index >= 15 is 0 Å². The van der Waals surface area contributed by atoms with Crippen molar-refractivity contribution < 1.29 is 8.83 Å². The molecule has 0 bridgehead atoms. The highest BCUT2D eigenvalue weighted by Crippen LogP contribution is 2.54. The Morgan fingerprint density at radius 2 is 0.711 bits per heavy atom. The number of para-hydroxylation sites is 5. The predicted octanol–water partition coefficient (Wildman–Crippen LogP) is 20.4. The first-order valence-corrected chi connectivity index (χ1v) is 25.9. The summed E-state index contributed by atoms with van der Waals surface area (Å²) in [4.78, 5) is 9.88. The first-order chi connectivity index (χ1) is 37.7. The number of pyridine rings is 1. The zero-order valence-corrected chi connectivity index (χ0v) is 41.0. The lowest BCUT2D eigenvalue weighted by Gasteiger charge is -2.30. The molecule has 13 aromatic carbocycles. The first-order valence-electron chi connectivity index (χ1n) is 25.9. The van der Waals surface area contributed by atoms with E-state index in [0.29, 0.717) is 0 Å². The Labute approximate surface area is 436 Å². The van der Waals surface area contributed by atoms with Crippen LogP contribution in [0.15, 0.2) is 270 Å². The highest BCUT2D eigenvalue weighted by atomic mass is 16.3. The number of hydrogen-bond acceptors (Lipinski definition) is 5. The monoisotopic (exact) mass is 969 g/mol. The molecule has 0 saturated heterocycles. The molecule has 0 N–H and O–H groups in total. The van der Waals surface area contributed by atoms with Crippen molar-refractivity contribution in [2.45, 2.75) is 0 Å². The van der Waals surface area contributed by atoms with Crippen LogP contribution in [0.4, 0.5) is 34.3 Å². The van der Waals surface area contributed by atoms with Gasteiger partial charge in [-0.3, -0.25) is 4.90 Å². The Morgan fingerprint density at radius 3 is 1.26 bits per heavy atom. The van der Waals surface area contributed by atoms with Crippen molar-refractivity contribution in [2.24, 2.45) is 0 Å². The van der Waals surface area contributed by atoms with Gasteiger partial charge in [-0.25, -0.2) is 4.98 Å². The fourth-order valence-electron chi connectivity index (χ4n) is 12.4. The van der Waals surface area contributed by atoms with Crippen LogP contribution in [0.5, 0.6) is 0 Å². The fraction of sp³-hybridized carbons (Fsp3) is 0. The van der Waals surface area contributed by atoms with Crippen LogP contribution in [-0.4, -0.2) is 4.98 Å². The van der Waals surface area contributed by atoms with E-state index in [0.717, 1.165) is 127 Å². The average Bonchev–Trinajstić information content (AvgIpc) is 4.10. The molecule has 5 nitrogen and oxygen atoms in total. The lowest BCUT2D eigenvalue weighted by molar-refractivity contribution is 0.668. The van der Waals surface area contributed by atoms with E-state index in [4.69, 9.17) is 13.8 Å². The molecule has 0 aliphatic heterocycles. The van der Waals surface area contributed by atoms with E-state index in [9.17, 15) is 0 Å². The second kappa shape index (κ2) is 16.7. The molecule has 354 valence electrons. The molecular weight excluding hydrogens is 927 g/mol. The Kier molecular flexibility index (Phi) is 9.27. The van der Waals surface area contributed by atoms with E-state index in [1.54, 1.807) is 0 Å². The van der Waals surface area contributed by atoms with Gasteiger partial charge in [0.1, 0.15) is 17.0 Å². The van der Waals surface area contributed by atoms with Crippen molar-refractivity contribution in [1.82, 2.24) is 4.98 Å². The SMILES string of the molecule is c1ccc(N(c2cc(-c3cccc4ccccc34)c3ccc4c(N(c5ccccn5)c5cccc6c5oc5ccccc56)cc(-c5cccc6ccccc56)c5ccc2c3c54)c2cccc3c2oc2ccccc23)cc1. The number of rotatable bonds is 8. The molecule has 0 radical (unpaired) electrons. The second-order valence-corrected chi connectivity index (χ2v) is 19.7. The van der Waals surface area contributed by atoms with Crippen LogP contribution in [-0.2, 0) is 0 Å². The molecule has 0 aliphatic carbocycles. The van der Waals surface area contributed by atoms with Crippen molar-refractivity contribution in [3.8, 4) is 22.3 Å². The number of furan rings is 2. The molecule has 16 rings (SSSR count). The molecular formula is C71H43N3O2. The summed E-state index contributed by atoms with van der Waals surface area (Å²) < 4.78 is 13.8. The van der Waals surface area contributed by atoms with Crippen molar-refractivity contribution >= 4 is 132 Å². The zero-order valence-electron chi connectivity index (χ0n) is 41.0. The van der Waals surface area contributed by atoms with Gasteiger partial charge in [-0.15, -0.1) is 0 Å². The summed E-state index contributed by atoms with van der Waals surface area (Å²) >= 11 is 0. The summed E-state index contributed by atoms with van der Waals surface area (Å²) in [5, 5.41) is 15.8. The minimum absolute atomic E-state index is 0.778. The fourth-order valence-corrected chi connectivity index (χ4v) is 12.4. The van der Waals surface area contributed by atoms with Gasteiger partial charge in [-0.2, -0.15) is 0 Å². The standard InChI is InChI=1S/C71H43N3O2/c1-2-22-46(23-3-1)73(61-32-16-30-55-51-26-8-10-34-65(51)75-70(55)61)63-42-59(49-28-14-20-44-18-4-6-24-47(44)49)53-38-40-58-64(43-60(54-37-39-57(63)68(53)69(54)58)50-29-15-21-45-19-5-7-25-48(45)50)74(67-36-12-13-41-72-67)62-33-17-31-56-52-27-9-11-35-66(52)76-71(56)62/h1-43H. The maximum Gasteiger partial charge on any atom is 0.159 e. The Hall–Kier alpha value is -10.2. The number of aromatic nitrogens is 1. The lowest BCUT2D eigenvalue weighted by atomic mass is 9.84. The minimum atomic E-state index is 0.778. The van der Waals surface area contributed by atoms with Crippen LogP contribution in [0.1, 0.15) is 0 Å². The van der Waals surface area contributed by atoms with E-state index in [1.807, 2.05) is 24.4 Å². The molecule has 0 amide bonds. The third kappa shape index (κ3) is 6.30. The largest absolute Gasteiger partial charge is 0.454 e. The highest BCUT2D eigenvalue weighted by molar-refractivity contribution is 6.34. The Balaban J connectivity index is 1.10. The van der Waals surface area contributed by atoms with Gasteiger partial charge in [0.15, 0.2) is 11.2 Å². The van der Waals surface area contributed by atoms with Crippen LogP contribution in [0.3, 0.4) is 0 Å². The van der Waals surface area contributed by atoms with Crippen LogP contribution in [0.25, 0.3) is 120 Å². The molecule has 0 aliphatic rings. The smallest absolute Gasteiger partial charge is 0.159 e. The van der Waals surface area contributed by atoms with Crippen molar-refractivity contribution in [1.29, 1.82) is 0 Å². The molecule has 0 fully saturated rings. The summed E-state index contributed by atoms with van der Waals surface area (Å²) in [6.45, 7) is 0. The van der Waals surface area contributed by atoms with Gasteiger partial charge in [0.2, 0.25) is 0 Å². The summed E-state index contributed by atoms with van der Waals surface area (Å²) in [6, 6.07) is 91.7. The zero-order chi connectivity index (χ0) is 49.8. The topological polar surface area (TPSA) is 45.7 Å². The summed E-state index contributed by atoms with van der Waals surface area (Å²) in [6.07, 6.45) is 1.88. The van der Waals surface area contributed by atoms with E-state index < -0.39 is 0 Å². The number of nitrogens with zero attached hydrogens (tertiary/aromatic N) is 3. The predicted molar refractivity (Wildman–Crippen MR) is 318 cm³/mol. The van der Waals surface area contributed by atoms with Crippen LogP contribution >= 0.6 is 0 Å². The summed E-state index contributed by atoms with van der Waals surface area (Å²) in [5.41, 5.74) is 12.8. The van der Waals surface area contributed by atoms with Crippen molar-refractivity contribution in [2.75, 3.05) is 9.80 Å². The first kappa shape index (κ1) is 42.3. The molecule has 16 aromatic rings. The van der Waals surface area contributed by atoms with Gasteiger partial charge in [0, 0.05) is 55.0 Å². The summed E-state index contributed by atoms with van der Waals surface area (Å²) in [7, 11) is 0.